The van der Waals surface area contributed by atoms with E-state index in [1.54, 1.807) is 0 Å². The van der Waals surface area contributed by atoms with Gasteiger partial charge in [-0.2, -0.15) is 8.09 Å². The van der Waals surface area contributed by atoms with E-state index in [-0.39, 0.29) is 0 Å². The van der Waals surface area contributed by atoms with E-state index < -0.39 is 25.2 Å². The lowest BCUT2D eigenvalue weighted by molar-refractivity contribution is 1.10. The molecule has 0 spiro atoms. The van der Waals surface area contributed by atoms with Crippen LogP contribution in [0.25, 0.3) is 0 Å². The van der Waals surface area contributed by atoms with E-state index >= 15 is 0 Å². The lowest BCUT2D eigenvalue weighted by Crippen LogP contribution is -2.21. The van der Waals surface area contributed by atoms with Crippen molar-refractivity contribution in [1.29, 1.82) is 0 Å². The Bertz CT molecular complexity index is 233. The van der Waals surface area contributed by atoms with Crippen molar-refractivity contribution in [3.05, 3.63) is 0 Å². The molecule has 0 nitrogen and oxygen atoms in total. The molecule has 0 amide bonds. The lowest BCUT2D eigenvalue weighted by Gasteiger charge is -2.63. The van der Waals surface area contributed by atoms with Gasteiger partial charge in [-0.15, -0.1) is 8.09 Å². The first kappa shape index (κ1) is 14.8. The molecule has 1 heterocycles. The molecule has 1 unspecified atom stereocenters. The second kappa shape index (κ2) is 4.79. The minimum Gasteiger partial charge on any atom is -0.202 e. The Morgan fingerprint density at radius 1 is 1.00 bits per heavy atom. The van der Waals surface area contributed by atoms with Crippen LogP contribution in [0.1, 0.15) is 13.8 Å². The summed E-state index contributed by atoms with van der Waals surface area (Å²) in [5.41, 5.74) is 0. The van der Waals surface area contributed by atoms with E-state index in [9.17, 15) is 0 Å². The maximum atomic E-state index is 2.63. The molecule has 1 aliphatic heterocycles. The second-order valence-corrected chi connectivity index (χ2v) is 29.7. The summed E-state index contributed by atoms with van der Waals surface area (Å²) in [4.78, 5) is 0. The van der Waals surface area contributed by atoms with Gasteiger partial charge in [-0.3, -0.25) is 0 Å². The third-order valence-corrected chi connectivity index (χ3v) is 41.2. The van der Waals surface area contributed by atoms with E-state index in [0.29, 0.717) is 0 Å². The monoisotopic (exact) mass is 306 g/mol. The minimum atomic E-state index is -0.450. The molecule has 0 radical (unpaired) electrons. The molecule has 0 aromatic carbocycles. The van der Waals surface area contributed by atoms with E-state index in [2.05, 4.69) is 65.7 Å². The van der Waals surface area contributed by atoms with Crippen molar-refractivity contribution in [2.75, 3.05) is 42.8 Å². The molecule has 1 aliphatic rings. The van der Waals surface area contributed by atoms with Crippen LogP contribution in [0.5, 0.6) is 0 Å². The summed E-state index contributed by atoms with van der Waals surface area (Å²) in [6.45, 7) is 4.92. The highest BCUT2D eigenvalue weighted by Gasteiger charge is 2.44. The molecule has 0 N–H and O–H groups in total. The van der Waals surface area contributed by atoms with Gasteiger partial charge in [0.2, 0.25) is 0 Å². The van der Waals surface area contributed by atoms with Crippen LogP contribution in [-0.2, 0) is 0 Å². The Balaban J connectivity index is 3.15. The molecule has 0 bridgehead atoms. The van der Waals surface area contributed by atoms with Crippen molar-refractivity contribution in [2.24, 2.45) is 0 Å². The first-order valence-electron chi connectivity index (χ1n) is 5.18. The molecular weight excluding hydrogens is 280 g/mol. The summed E-state index contributed by atoms with van der Waals surface area (Å²) in [7, 11) is 3.09. The van der Waals surface area contributed by atoms with Gasteiger partial charge in [-0.1, -0.05) is 24.6 Å². The largest absolute Gasteiger partial charge is 0.202 e. The van der Waals surface area contributed by atoms with Crippen LogP contribution in [0, 0.1) is 0 Å². The van der Waals surface area contributed by atoms with Gasteiger partial charge in [0.25, 0.3) is 0 Å². The first-order chi connectivity index (χ1) is 6.65. The number of hydrogen-bond acceptors (Lipinski definition) is 2. The van der Waals surface area contributed by atoms with Gasteiger partial charge in [0, 0.05) is 5.75 Å². The zero-order valence-electron chi connectivity index (χ0n) is 11.0. The summed E-state index contributed by atoms with van der Waals surface area (Å²) in [5.74, 6) is 2.86. The predicted octanol–water partition coefficient (Wildman–Crippen LogP) is 5.10. The van der Waals surface area contributed by atoms with Crippen LogP contribution >= 0.6 is 45.9 Å². The normalized spacial score (nSPS) is 43.7. The summed E-state index contributed by atoms with van der Waals surface area (Å²) >= 11 is 0. The van der Waals surface area contributed by atoms with Crippen LogP contribution < -0.4 is 0 Å². The molecule has 5 heteroatoms. The van der Waals surface area contributed by atoms with Gasteiger partial charge in [0.05, 0.1) is 0 Å². The van der Waals surface area contributed by atoms with Crippen molar-refractivity contribution in [3.8, 4) is 0 Å². The van der Waals surface area contributed by atoms with E-state index in [4.69, 9.17) is 0 Å². The van der Waals surface area contributed by atoms with Gasteiger partial charge in [-0.25, -0.2) is 9.06 Å². The van der Waals surface area contributed by atoms with Gasteiger partial charge >= 0.3 is 0 Å². The summed E-state index contributed by atoms with van der Waals surface area (Å²) in [6.07, 6.45) is 13.0. The fourth-order valence-electron chi connectivity index (χ4n) is 1.69. The Kier molecular flexibility index (Phi) is 4.73. The average Bonchev–Trinajstić information content (AvgIpc) is 2.16. The van der Waals surface area contributed by atoms with E-state index in [0.717, 1.165) is 5.25 Å². The van der Waals surface area contributed by atoms with Gasteiger partial charge < -0.3 is 0 Å². The molecular formula is C10H26S5. The summed E-state index contributed by atoms with van der Waals surface area (Å²) in [5, 5.41) is 0.897. The molecule has 96 valence electrons. The number of hydrogen-bond donors (Lipinski definition) is 0. The third-order valence-electron chi connectivity index (χ3n) is 3.66. The zero-order valence-corrected chi connectivity index (χ0v) is 15.1. The summed E-state index contributed by atoms with van der Waals surface area (Å²) < 4.78 is 0. The van der Waals surface area contributed by atoms with Crippen molar-refractivity contribution in [1.82, 2.24) is 0 Å². The topological polar surface area (TPSA) is 0 Å². The summed E-state index contributed by atoms with van der Waals surface area (Å²) in [6, 6.07) is 0. The fourth-order valence-corrected chi connectivity index (χ4v) is 37.6. The molecule has 15 heavy (non-hydrogen) atoms. The van der Waals surface area contributed by atoms with Crippen molar-refractivity contribution >= 4 is 45.9 Å². The van der Waals surface area contributed by atoms with Crippen LogP contribution in [0.15, 0.2) is 0 Å². The molecule has 0 aliphatic carbocycles. The Morgan fingerprint density at radius 3 is 2.00 bits per heavy atom. The highest BCUT2D eigenvalue weighted by atomic mass is 33.9. The van der Waals surface area contributed by atoms with Crippen LogP contribution in [0.2, 0.25) is 0 Å². The van der Waals surface area contributed by atoms with Crippen molar-refractivity contribution in [2.45, 2.75) is 19.1 Å². The highest BCUT2D eigenvalue weighted by Crippen LogP contribution is 2.99. The van der Waals surface area contributed by atoms with Crippen LogP contribution in [-0.4, -0.2) is 48.0 Å². The zero-order chi connectivity index (χ0) is 11.9. The number of rotatable bonds is 1. The molecule has 0 aromatic heterocycles. The first-order valence-corrected chi connectivity index (χ1v) is 16.2. The highest BCUT2D eigenvalue weighted by molar-refractivity contribution is 9.57. The molecule has 1 rings (SSSR count). The Morgan fingerprint density at radius 2 is 1.53 bits per heavy atom. The average molecular weight is 307 g/mol. The third kappa shape index (κ3) is 2.47. The predicted molar refractivity (Wildman–Crippen MR) is 92.4 cm³/mol. The molecule has 1 saturated heterocycles. The smallest absolute Gasteiger partial charge is 0.0128 e. The molecule has 1 fully saturated rings. The molecule has 0 saturated carbocycles. The lowest BCUT2D eigenvalue weighted by atomic mass is 10.6. The Hall–Kier alpha value is 1.75. The van der Waals surface area contributed by atoms with Crippen LogP contribution in [0.3, 0.4) is 0 Å². The maximum absolute atomic E-state index is 2.63. The SMILES string of the molecule is CC(C)S1(C)CCSSS(C)(C)S1(C)C. The van der Waals surface area contributed by atoms with Gasteiger partial charge in [0.1, 0.15) is 0 Å². The maximum Gasteiger partial charge on any atom is 0.0128 e. The molecule has 0 aromatic rings. The van der Waals surface area contributed by atoms with Crippen LogP contribution in [0.4, 0.5) is 0 Å². The van der Waals surface area contributed by atoms with E-state index in [1.165, 1.54) is 11.5 Å². The van der Waals surface area contributed by atoms with Gasteiger partial charge in [-0.05, 0) is 52.1 Å². The Labute approximate surface area is 107 Å². The minimum absolute atomic E-state index is 0.400. The van der Waals surface area contributed by atoms with E-state index in [1.807, 2.05) is 0 Å². The van der Waals surface area contributed by atoms with Crippen molar-refractivity contribution < 1.29 is 0 Å². The quantitative estimate of drug-likeness (QED) is 0.618. The molecule has 1 atom stereocenters. The fraction of sp³-hybridized carbons (Fsp3) is 1.00. The van der Waals surface area contributed by atoms with Crippen molar-refractivity contribution in [3.63, 3.8) is 0 Å². The standard InChI is InChI=1S/C10H26S5/c1-10(2)15(7)9-8-11-12-13(3,4)14(15,5)6/h10H,8-9H2,1-7H3. The second-order valence-electron chi connectivity index (χ2n) is 5.00. The van der Waals surface area contributed by atoms with Gasteiger partial charge in [0.15, 0.2) is 0 Å².